The van der Waals surface area contributed by atoms with Crippen LogP contribution in [-0.2, 0) is 22.6 Å². The first kappa shape index (κ1) is 27.9. The molecule has 7 heteroatoms. The van der Waals surface area contributed by atoms with E-state index in [1.165, 1.54) is 44.1 Å². The fraction of sp³-hybridized carbons (Fsp3) is 0.605. The molecule has 4 unspecified atom stereocenters. The van der Waals surface area contributed by atoms with E-state index in [-0.39, 0.29) is 21.8 Å². The van der Waals surface area contributed by atoms with Gasteiger partial charge in [-0.1, -0.05) is 6.07 Å². The number of ether oxygens (including phenoxy) is 1. The van der Waals surface area contributed by atoms with Crippen LogP contribution in [0, 0.1) is 45.3 Å². The Hall–Kier alpha value is -3.35. The van der Waals surface area contributed by atoms with Gasteiger partial charge in [0.25, 0.3) is 0 Å². The molecule has 1 aliphatic heterocycles. The molecule has 8 saturated carbocycles. The number of hydrogen-bond donors (Lipinski definition) is 2. The average Bonchev–Trinajstić information content (AvgIpc) is 2.99. The van der Waals surface area contributed by atoms with E-state index in [1.807, 2.05) is 12.1 Å². The first-order valence-electron chi connectivity index (χ1n) is 17.2. The molecule has 8 bridgehead atoms. The average molecular weight is 610 g/mol. The van der Waals surface area contributed by atoms with E-state index in [2.05, 4.69) is 11.0 Å². The summed E-state index contributed by atoms with van der Waals surface area (Å²) in [5.74, 6) is 2.38. The maximum atomic E-state index is 14.8. The normalized spacial score (nSPS) is 40.3. The number of aliphatic carboxylic acids is 1. The van der Waals surface area contributed by atoms with Crippen LogP contribution in [-0.4, -0.2) is 39.5 Å². The first-order valence-corrected chi connectivity index (χ1v) is 17.2. The molecule has 2 aromatic rings. The topological polar surface area (TPSA) is 104 Å². The summed E-state index contributed by atoms with van der Waals surface area (Å²) in [6.45, 7) is 1.33. The summed E-state index contributed by atoms with van der Waals surface area (Å²) in [6, 6.07) is 12.5. The summed E-state index contributed by atoms with van der Waals surface area (Å²) >= 11 is 0. The van der Waals surface area contributed by atoms with Crippen molar-refractivity contribution >= 4 is 17.8 Å². The van der Waals surface area contributed by atoms with Crippen LogP contribution in [0.2, 0.25) is 0 Å². The Bertz CT molecular complexity index is 1580. The van der Waals surface area contributed by atoms with Crippen LogP contribution in [0.1, 0.15) is 98.5 Å². The van der Waals surface area contributed by atoms with Crippen molar-refractivity contribution in [2.45, 2.75) is 90.0 Å². The fourth-order valence-corrected chi connectivity index (χ4v) is 13.2. The number of rotatable bonds is 6. The summed E-state index contributed by atoms with van der Waals surface area (Å²) in [5, 5.41) is 19.7. The Labute approximate surface area is 264 Å². The number of benzene rings is 2. The second-order valence-corrected chi connectivity index (χ2v) is 16.7. The van der Waals surface area contributed by atoms with Gasteiger partial charge in [0.2, 0.25) is 5.91 Å². The smallest absolute Gasteiger partial charge is 0.335 e. The molecule has 45 heavy (non-hydrogen) atoms. The zero-order valence-corrected chi connectivity index (χ0v) is 25.9. The zero-order chi connectivity index (χ0) is 30.8. The lowest BCUT2D eigenvalue weighted by Crippen LogP contribution is -2.67. The van der Waals surface area contributed by atoms with Gasteiger partial charge in [-0.3, -0.25) is 9.59 Å². The highest BCUT2D eigenvalue weighted by atomic mass is 16.5. The highest BCUT2D eigenvalue weighted by molar-refractivity contribution is 5.87. The molecule has 0 spiro atoms. The van der Waals surface area contributed by atoms with Gasteiger partial charge in [-0.25, -0.2) is 4.79 Å². The van der Waals surface area contributed by atoms with Crippen molar-refractivity contribution in [2.75, 3.05) is 6.54 Å². The van der Waals surface area contributed by atoms with Gasteiger partial charge in [-0.15, -0.1) is 0 Å². The summed E-state index contributed by atoms with van der Waals surface area (Å²) in [4.78, 5) is 40.9. The largest absolute Gasteiger partial charge is 0.481 e. The lowest BCUT2D eigenvalue weighted by atomic mass is 9.31. The van der Waals surface area contributed by atoms with E-state index in [0.717, 1.165) is 57.1 Å². The van der Waals surface area contributed by atoms with Gasteiger partial charge in [0.1, 0.15) is 11.5 Å². The second kappa shape index (κ2) is 9.36. The number of carbonyl (C=O) groups is 3. The van der Waals surface area contributed by atoms with Gasteiger partial charge in [-0.2, -0.15) is 0 Å². The lowest BCUT2D eigenvalue weighted by Gasteiger charge is -2.73. The predicted octanol–water partition coefficient (Wildman–Crippen LogP) is 7.32. The summed E-state index contributed by atoms with van der Waals surface area (Å²) in [6.07, 6.45) is 13.7. The molecular formula is C38H43NO6. The minimum Gasteiger partial charge on any atom is -0.481 e. The summed E-state index contributed by atoms with van der Waals surface area (Å²) < 4.78 is 6.09. The van der Waals surface area contributed by atoms with Crippen molar-refractivity contribution in [1.29, 1.82) is 0 Å². The predicted molar refractivity (Wildman–Crippen MR) is 166 cm³/mol. The Balaban J connectivity index is 0.981. The Kier molecular flexibility index (Phi) is 5.80. The Morgan fingerprint density at radius 1 is 0.689 bits per heavy atom. The van der Waals surface area contributed by atoms with Crippen LogP contribution in [0.4, 0.5) is 0 Å². The van der Waals surface area contributed by atoms with Crippen LogP contribution < -0.4 is 4.74 Å². The first-order chi connectivity index (χ1) is 21.6. The second-order valence-electron chi connectivity index (χ2n) is 16.7. The highest BCUT2D eigenvalue weighted by Gasteiger charge is 2.72. The molecule has 7 nitrogen and oxygen atoms in total. The molecule has 2 N–H and O–H groups in total. The number of carboxylic acids is 2. The van der Waals surface area contributed by atoms with Gasteiger partial charge in [0.05, 0.1) is 16.4 Å². The van der Waals surface area contributed by atoms with Crippen molar-refractivity contribution in [3.63, 3.8) is 0 Å². The summed E-state index contributed by atoms with van der Waals surface area (Å²) in [5.41, 5.74) is 1.98. The molecule has 11 rings (SSSR count). The maximum Gasteiger partial charge on any atom is 0.335 e. The van der Waals surface area contributed by atoms with Crippen molar-refractivity contribution < 1.29 is 29.3 Å². The van der Waals surface area contributed by atoms with Gasteiger partial charge in [0, 0.05) is 13.1 Å². The molecule has 1 amide bonds. The van der Waals surface area contributed by atoms with Gasteiger partial charge < -0.3 is 19.8 Å². The molecule has 9 aliphatic rings. The standard InChI is InChI=1S/C38H43NO6/c40-32(41)28-2-4-30(5-3-28)45-31-6-1-27-7-8-39(20-29(27)11-31)33(42)35-12-23-9-24(13-35)17-37(16-23,21-35)38-18-25-10-26(19-38)15-36(14-25,22-38)34(43)44/h1-6,11,23-26H,7-10,12-22H2,(H,40,41)(H,43,44). The molecule has 0 radical (unpaired) electrons. The quantitative estimate of drug-likeness (QED) is 0.356. The third-order valence-corrected chi connectivity index (χ3v) is 14.0. The van der Waals surface area contributed by atoms with E-state index < -0.39 is 17.4 Å². The van der Waals surface area contributed by atoms with E-state index in [4.69, 9.17) is 4.74 Å². The molecule has 1 heterocycles. The Morgan fingerprint density at radius 3 is 1.82 bits per heavy atom. The van der Waals surface area contributed by atoms with Crippen LogP contribution in [0.5, 0.6) is 11.5 Å². The number of hydrogen-bond acceptors (Lipinski definition) is 4. The monoisotopic (exact) mass is 609 g/mol. The van der Waals surface area contributed by atoms with E-state index in [9.17, 15) is 24.6 Å². The number of amides is 1. The van der Waals surface area contributed by atoms with E-state index in [1.54, 1.807) is 24.3 Å². The lowest BCUT2D eigenvalue weighted by molar-refractivity contribution is -0.240. The van der Waals surface area contributed by atoms with E-state index in [0.29, 0.717) is 47.6 Å². The van der Waals surface area contributed by atoms with Crippen molar-refractivity contribution in [3.8, 4) is 11.5 Å². The SMILES string of the molecule is O=C(O)c1ccc(Oc2ccc3c(c2)CN(C(=O)C24CC5CC(C2)CC(C26CC7CC(CC(C(=O)O)(C7)C2)C6)(C5)C4)CC3)cc1. The molecule has 4 atom stereocenters. The van der Waals surface area contributed by atoms with Crippen LogP contribution in [0.25, 0.3) is 0 Å². The van der Waals surface area contributed by atoms with Crippen LogP contribution in [0.15, 0.2) is 42.5 Å². The third-order valence-electron chi connectivity index (χ3n) is 14.0. The highest BCUT2D eigenvalue weighted by Crippen LogP contribution is 2.78. The molecule has 8 fully saturated rings. The number of fused-ring (bicyclic) bond motifs is 1. The summed E-state index contributed by atoms with van der Waals surface area (Å²) in [7, 11) is 0. The molecule has 8 aliphatic carbocycles. The third kappa shape index (κ3) is 4.10. The van der Waals surface area contributed by atoms with Crippen molar-refractivity contribution in [2.24, 2.45) is 45.3 Å². The van der Waals surface area contributed by atoms with Gasteiger partial charge in [0.15, 0.2) is 0 Å². The molecule has 2 aromatic carbocycles. The number of nitrogens with zero attached hydrogens (tertiary/aromatic N) is 1. The van der Waals surface area contributed by atoms with Crippen LogP contribution >= 0.6 is 0 Å². The Morgan fingerprint density at radius 2 is 1.24 bits per heavy atom. The zero-order valence-electron chi connectivity index (χ0n) is 25.9. The van der Waals surface area contributed by atoms with E-state index >= 15 is 0 Å². The molecule has 0 aromatic heterocycles. The van der Waals surface area contributed by atoms with Crippen molar-refractivity contribution in [3.05, 3.63) is 59.2 Å². The van der Waals surface area contributed by atoms with Gasteiger partial charge in [-0.05, 0) is 165 Å². The molecule has 0 saturated heterocycles. The fourth-order valence-electron chi connectivity index (χ4n) is 13.2. The van der Waals surface area contributed by atoms with Gasteiger partial charge >= 0.3 is 11.9 Å². The maximum absolute atomic E-state index is 14.8. The molecule has 236 valence electrons. The minimum absolute atomic E-state index is 0.0994. The number of aromatic carboxylic acids is 1. The minimum atomic E-state index is -0.966. The van der Waals surface area contributed by atoms with Crippen molar-refractivity contribution in [1.82, 2.24) is 4.90 Å². The van der Waals surface area contributed by atoms with Crippen LogP contribution in [0.3, 0.4) is 0 Å². The number of carboxylic acid groups (broad SMARTS) is 2. The number of carbonyl (C=O) groups excluding carboxylic acids is 1. The molecular weight excluding hydrogens is 566 g/mol.